The smallest absolute Gasteiger partial charge is 0.170 e. The Labute approximate surface area is 154 Å². The Kier molecular flexibility index (Phi) is 6.89. The summed E-state index contributed by atoms with van der Waals surface area (Å²) in [5.74, 6) is 2.29. The van der Waals surface area contributed by atoms with Crippen molar-refractivity contribution in [3.63, 3.8) is 0 Å². The fourth-order valence-electron chi connectivity index (χ4n) is 2.43. The van der Waals surface area contributed by atoms with Gasteiger partial charge in [-0.15, -0.1) is 0 Å². The Hall–Kier alpha value is -2.47. The second kappa shape index (κ2) is 9.13. The van der Waals surface area contributed by atoms with Gasteiger partial charge < -0.3 is 24.8 Å². The van der Waals surface area contributed by atoms with Crippen LogP contribution in [0.25, 0.3) is 0 Å². The lowest BCUT2D eigenvalue weighted by Gasteiger charge is -2.14. The van der Waals surface area contributed by atoms with E-state index in [4.69, 9.17) is 26.4 Å². The van der Waals surface area contributed by atoms with Gasteiger partial charge in [-0.2, -0.15) is 0 Å². The summed E-state index contributed by atoms with van der Waals surface area (Å²) in [7, 11) is 4.92. The van der Waals surface area contributed by atoms with Crippen LogP contribution in [0, 0.1) is 6.92 Å². The zero-order chi connectivity index (χ0) is 18.2. The van der Waals surface area contributed by atoms with Crippen molar-refractivity contribution in [2.24, 2.45) is 0 Å². The maximum atomic E-state index is 5.36. The average Bonchev–Trinajstić information content (AvgIpc) is 2.63. The molecule has 2 aromatic rings. The number of aryl methyl sites for hydroxylation is 1. The fourth-order valence-corrected chi connectivity index (χ4v) is 2.64. The summed E-state index contributed by atoms with van der Waals surface area (Å²) in [6, 6.07) is 11.7. The van der Waals surface area contributed by atoms with Crippen LogP contribution in [0.15, 0.2) is 36.4 Å². The third-order valence-corrected chi connectivity index (χ3v) is 4.08. The van der Waals surface area contributed by atoms with E-state index in [1.165, 1.54) is 0 Å². The number of ether oxygens (including phenoxy) is 3. The highest BCUT2D eigenvalue weighted by Crippen LogP contribution is 2.27. The van der Waals surface area contributed by atoms with Crippen LogP contribution in [0.5, 0.6) is 17.2 Å². The van der Waals surface area contributed by atoms with Crippen LogP contribution >= 0.6 is 12.2 Å². The molecule has 0 aliphatic heterocycles. The minimum atomic E-state index is 0.591. The molecule has 2 rings (SSSR count). The van der Waals surface area contributed by atoms with Gasteiger partial charge in [0.15, 0.2) is 16.6 Å². The summed E-state index contributed by atoms with van der Waals surface area (Å²) in [5.41, 5.74) is 3.18. The quantitative estimate of drug-likeness (QED) is 0.737. The van der Waals surface area contributed by atoms with Crippen LogP contribution in [0.3, 0.4) is 0 Å². The van der Waals surface area contributed by atoms with Crippen molar-refractivity contribution in [3.8, 4) is 17.2 Å². The first kappa shape index (κ1) is 18.9. The van der Waals surface area contributed by atoms with Crippen LogP contribution in [-0.4, -0.2) is 33.0 Å². The molecule has 6 heteroatoms. The van der Waals surface area contributed by atoms with Crippen molar-refractivity contribution in [3.05, 3.63) is 47.5 Å². The van der Waals surface area contributed by atoms with E-state index in [9.17, 15) is 0 Å². The van der Waals surface area contributed by atoms with Gasteiger partial charge >= 0.3 is 0 Å². The maximum absolute atomic E-state index is 5.36. The Morgan fingerprint density at radius 2 is 1.72 bits per heavy atom. The van der Waals surface area contributed by atoms with Crippen LogP contribution in [0.1, 0.15) is 11.1 Å². The topological polar surface area (TPSA) is 51.8 Å². The minimum absolute atomic E-state index is 0.591. The molecule has 25 heavy (non-hydrogen) atoms. The molecule has 0 saturated heterocycles. The molecule has 5 nitrogen and oxygen atoms in total. The van der Waals surface area contributed by atoms with Crippen molar-refractivity contribution in [1.29, 1.82) is 0 Å². The van der Waals surface area contributed by atoms with E-state index in [0.717, 1.165) is 47.0 Å². The van der Waals surface area contributed by atoms with Crippen LogP contribution in [0.2, 0.25) is 0 Å². The molecule has 0 amide bonds. The van der Waals surface area contributed by atoms with Gasteiger partial charge in [-0.05, 0) is 67.0 Å². The molecule has 0 aliphatic rings. The summed E-state index contributed by atoms with van der Waals surface area (Å²) in [5, 5.41) is 7.02. The van der Waals surface area contributed by atoms with E-state index in [1.807, 2.05) is 43.3 Å². The second-order valence-electron chi connectivity index (χ2n) is 5.50. The van der Waals surface area contributed by atoms with E-state index >= 15 is 0 Å². The highest BCUT2D eigenvalue weighted by atomic mass is 32.1. The number of benzene rings is 2. The Balaban J connectivity index is 1.86. The summed E-state index contributed by atoms with van der Waals surface area (Å²) in [4.78, 5) is 0. The van der Waals surface area contributed by atoms with Crippen molar-refractivity contribution in [1.82, 2.24) is 5.32 Å². The Bertz CT molecular complexity index is 735. The molecule has 134 valence electrons. The number of hydrogen-bond donors (Lipinski definition) is 2. The first-order chi connectivity index (χ1) is 12.1. The van der Waals surface area contributed by atoms with Gasteiger partial charge in [-0.3, -0.25) is 0 Å². The summed E-state index contributed by atoms with van der Waals surface area (Å²) in [6.45, 7) is 2.73. The van der Waals surface area contributed by atoms with Crippen LogP contribution < -0.4 is 24.8 Å². The lowest BCUT2D eigenvalue weighted by Crippen LogP contribution is -2.30. The fraction of sp³-hybridized carbons (Fsp3) is 0.316. The van der Waals surface area contributed by atoms with Crippen molar-refractivity contribution in [2.75, 3.05) is 33.2 Å². The Morgan fingerprint density at radius 3 is 2.36 bits per heavy atom. The van der Waals surface area contributed by atoms with E-state index in [-0.39, 0.29) is 0 Å². The predicted molar refractivity (Wildman–Crippen MR) is 105 cm³/mol. The average molecular weight is 360 g/mol. The molecule has 0 bridgehead atoms. The minimum Gasteiger partial charge on any atom is -0.497 e. The molecule has 0 spiro atoms. The zero-order valence-corrected chi connectivity index (χ0v) is 15.8. The first-order valence-electron chi connectivity index (χ1n) is 7.97. The maximum Gasteiger partial charge on any atom is 0.170 e. The number of anilines is 1. The molecule has 0 saturated carbocycles. The number of thiocarbonyl (C=S) groups is 1. The highest BCUT2D eigenvalue weighted by molar-refractivity contribution is 7.80. The summed E-state index contributed by atoms with van der Waals surface area (Å²) < 4.78 is 15.8. The molecule has 0 atom stereocenters. The normalized spacial score (nSPS) is 10.1. The molecule has 0 unspecified atom stereocenters. The lowest BCUT2D eigenvalue weighted by molar-refractivity contribution is 0.354. The van der Waals surface area contributed by atoms with Gasteiger partial charge in [0.2, 0.25) is 0 Å². The molecule has 2 aromatic carbocycles. The van der Waals surface area contributed by atoms with Gasteiger partial charge in [0, 0.05) is 12.2 Å². The van der Waals surface area contributed by atoms with E-state index in [2.05, 4.69) is 10.6 Å². The van der Waals surface area contributed by atoms with Crippen LogP contribution in [0.4, 0.5) is 5.69 Å². The van der Waals surface area contributed by atoms with Gasteiger partial charge in [0.05, 0.1) is 21.3 Å². The van der Waals surface area contributed by atoms with Crippen molar-refractivity contribution in [2.45, 2.75) is 13.3 Å². The third kappa shape index (κ3) is 5.26. The SMILES string of the molecule is COc1ccc(NC(=S)NCCc2ccc(OC)c(OC)c2)c(C)c1. The number of nitrogens with one attached hydrogen (secondary N) is 2. The lowest BCUT2D eigenvalue weighted by atomic mass is 10.1. The summed E-state index contributed by atoms with van der Waals surface area (Å²) in [6.07, 6.45) is 0.823. The number of rotatable bonds is 7. The van der Waals surface area contributed by atoms with Crippen molar-refractivity contribution < 1.29 is 14.2 Å². The monoisotopic (exact) mass is 360 g/mol. The van der Waals surface area contributed by atoms with E-state index in [1.54, 1.807) is 21.3 Å². The molecular weight excluding hydrogens is 336 g/mol. The standard InChI is InChI=1S/C19H24N2O3S/c1-13-11-15(22-2)6-7-16(13)21-19(25)20-10-9-14-5-8-17(23-3)18(12-14)24-4/h5-8,11-12H,9-10H2,1-4H3,(H2,20,21,25). The summed E-state index contributed by atoms with van der Waals surface area (Å²) >= 11 is 5.36. The van der Waals surface area contributed by atoms with Gasteiger partial charge in [0.1, 0.15) is 5.75 Å². The molecular formula is C19H24N2O3S. The number of hydrogen-bond acceptors (Lipinski definition) is 4. The Morgan fingerprint density at radius 1 is 0.960 bits per heavy atom. The molecule has 0 radical (unpaired) electrons. The largest absolute Gasteiger partial charge is 0.497 e. The highest BCUT2D eigenvalue weighted by Gasteiger charge is 2.06. The first-order valence-corrected chi connectivity index (χ1v) is 8.38. The van der Waals surface area contributed by atoms with Crippen LogP contribution in [-0.2, 0) is 6.42 Å². The van der Waals surface area contributed by atoms with E-state index in [0.29, 0.717) is 5.11 Å². The molecule has 0 aromatic heterocycles. The molecule has 0 heterocycles. The second-order valence-corrected chi connectivity index (χ2v) is 5.91. The predicted octanol–water partition coefficient (Wildman–Crippen LogP) is 3.55. The van der Waals surface area contributed by atoms with E-state index < -0.39 is 0 Å². The number of methoxy groups -OCH3 is 3. The van der Waals surface area contributed by atoms with Crippen molar-refractivity contribution >= 4 is 23.0 Å². The molecule has 0 fully saturated rings. The molecule has 0 aliphatic carbocycles. The third-order valence-electron chi connectivity index (χ3n) is 3.83. The zero-order valence-electron chi connectivity index (χ0n) is 15.0. The van der Waals surface area contributed by atoms with Gasteiger partial charge in [-0.1, -0.05) is 6.07 Å². The molecule has 2 N–H and O–H groups in total. The van der Waals surface area contributed by atoms with Gasteiger partial charge in [-0.25, -0.2) is 0 Å². The van der Waals surface area contributed by atoms with Gasteiger partial charge in [0.25, 0.3) is 0 Å².